The summed E-state index contributed by atoms with van der Waals surface area (Å²) in [6.07, 6.45) is 0. The van der Waals surface area contributed by atoms with Crippen molar-refractivity contribution in [1.82, 2.24) is 5.32 Å². The summed E-state index contributed by atoms with van der Waals surface area (Å²) < 4.78 is 13.6. The van der Waals surface area contributed by atoms with Crippen molar-refractivity contribution >= 4 is 5.69 Å². The molecule has 0 bridgehead atoms. The average Bonchev–Trinajstić information content (AvgIpc) is 2.30. The van der Waals surface area contributed by atoms with Gasteiger partial charge in [-0.05, 0) is 5.92 Å². The highest BCUT2D eigenvalue weighted by atomic mass is 19.1. The number of nitrogens with one attached hydrogen (secondary N) is 1. The minimum atomic E-state index is -0.804. The van der Waals surface area contributed by atoms with Gasteiger partial charge in [-0.25, -0.2) is 0 Å². The lowest BCUT2D eigenvalue weighted by atomic mass is 10.1. The van der Waals surface area contributed by atoms with Crippen LogP contribution in [0.5, 0.6) is 0 Å². The molecule has 0 aromatic heterocycles. The first-order valence-corrected chi connectivity index (χ1v) is 5.29. The first-order chi connectivity index (χ1) is 8.06. The molecular weight excluding hydrogens is 227 g/mol. The fourth-order valence-corrected chi connectivity index (χ4v) is 1.36. The van der Waals surface area contributed by atoms with Gasteiger partial charge in [-0.3, -0.25) is 10.1 Å². The summed E-state index contributed by atoms with van der Waals surface area (Å²) in [4.78, 5) is 9.77. The molecule has 0 aliphatic rings. The second-order valence-corrected chi connectivity index (χ2v) is 3.93. The van der Waals surface area contributed by atoms with E-state index in [9.17, 15) is 14.5 Å². The van der Waals surface area contributed by atoms with Gasteiger partial charge in [0.2, 0.25) is 5.82 Å². The third kappa shape index (κ3) is 3.76. The maximum absolute atomic E-state index is 13.6. The van der Waals surface area contributed by atoms with Gasteiger partial charge < -0.3 is 10.4 Å². The van der Waals surface area contributed by atoms with E-state index in [1.54, 1.807) is 0 Å². The van der Waals surface area contributed by atoms with E-state index in [1.165, 1.54) is 12.1 Å². The standard InChI is InChI=1S/C11H15FN2O3/c1-8(7-15)5-13-6-9-3-2-4-10(11(9)12)14(16)17/h2-4,8,13,15H,5-7H2,1H3. The molecule has 0 aliphatic heterocycles. The van der Waals surface area contributed by atoms with Gasteiger partial charge in [-0.1, -0.05) is 19.1 Å². The Morgan fingerprint density at radius 2 is 2.29 bits per heavy atom. The highest BCUT2D eigenvalue weighted by molar-refractivity contribution is 5.36. The second-order valence-electron chi connectivity index (χ2n) is 3.93. The van der Waals surface area contributed by atoms with Crippen LogP contribution in [0.2, 0.25) is 0 Å². The number of hydrogen-bond acceptors (Lipinski definition) is 4. The fourth-order valence-electron chi connectivity index (χ4n) is 1.36. The normalized spacial score (nSPS) is 12.4. The van der Waals surface area contributed by atoms with Gasteiger partial charge in [-0.2, -0.15) is 4.39 Å². The number of aliphatic hydroxyl groups is 1. The van der Waals surface area contributed by atoms with E-state index in [0.29, 0.717) is 6.54 Å². The molecule has 0 saturated heterocycles. The Kier molecular flexibility index (Phi) is 4.99. The number of nitro groups is 1. The van der Waals surface area contributed by atoms with Crippen LogP contribution < -0.4 is 5.32 Å². The van der Waals surface area contributed by atoms with Crippen LogP contribution >= 0.6 is 0 Å². The molecule has 0 fully saturated rings. The van der Waals surface area contributed by atoms with Crippen molar-refractivity contribution in [3.63, 3.8) is 0 Å². The molecule has 6 heteroatoms. The maximum Gasteiger partial charge on any atom is 0.305 e. The van der Waals surface area contributed by atoms with Crippen LogP contribution in [-0.2, 0) is 6.54 Å². The number of halogens is 1. The summed E-state index contributed by atoms with van der Waals surface area (Å²) in [6.45, 7) is 2.62. The minimum Gasteiger partial charge on any atom is -0.396 e. The van der Waals surface area contributed by atoms with Crippen molar-refractivity contribution in [2.45, 2.75) is 13.5 Å². The Bertz CT molecular complexity index is 398. The monoisotopic (exact) mass is 242 g/mol. The van der Waals surface area contributed by atoms with E-state index < -0.39 is 16.4 Å². The highest BCUT2D eigenvalue weighted by Gasteiger charge is 2.16. The Balaban J connectivity index is 2.66. The number of rotatable bonds is 6. The van der Waals surface area contributed by atoms with Crippen molar-refractivity contribution in [2.75, 3.05) is 13.2 Å². The van der Waals surface area contributed by atoms with Gasteiger partial charge >= 0.3 is 5.69 Å². The first kappa shape index (κ1) is 13.5. The highest BCUT2D eigenvalue weighted by Crippen LogP contribution is 2.19. The lowest BCUT2D eigenvalue weighted by molar-refractivity contribution is -0.387. The van der Waals surface area contributed by atoms with Crippen LogP contribution in [-0.4, -0.2) is 23.2 Å². The summed E-state index contributed by atoms with van der Waals surface area (Å²) in [5, 5.41) is 22.3. The van der Waals surface area contributed by atoms with E-state index in [4.69, 9.17) is 5.11 Å². The number of aliphatic hydroxyl groups excluding tert-OH is 1. The van der Waals surface area contributed by atoms with Crippen LogP contribution in [0.15, 0.2) is 18.2 Å². The molecule has 0 amide bonds. The number of hydrogen-bond donors (Lipinski definition) is 2. The molecule has 0 saturated carbocycles. The van der Waals surface area contributed by atoms with Gasteiger partial charge in [0.05, 0.1) is 4.92 Å². The van der Waals surface area contributed by atoms with E-state index in [2.05, 4.69) is 5.32 Å². The second kappa shape index (κ2) is 6.27. The zero-order valence-electron chi connectivity index (χ0n) is 9.52. The molecule has 0 aliphatic carbocycles. The first-order valence-electron chi connectivity index (χ1n) is 5.29. The van der Waals surface area contributed by atoms with Crippen LogP contribution in [0.3, 0.4) is 0 Å². The quantitative estimate of drug-likeness (QED) is 0.585. The zero-order valence-corrected chi connectivity index (χ0v) is 9.52. The third-order valence-electron chi connectivity index (χ3n) is 2.37. The van der Waals surface area contributed by atoms with Gasteiger partial charge in [-0.15, -0.1) is 0 Å². The molecule has 0 heterocycles. The summed E-state index contributed by atoms with van der Waals surface area (Å²) in [7, 11) is 0. The summed E-state index contributed by atoms with van der Waals surface area (Å²) >= 11 is 0. The molecule has 1 atom stereocenters. The molecule has 1 unspecified atom stereocenters. The van der Waals surface area contributed by atoms with Crippen molar-refractivity contribution in [3.05, 3.63) is 39.7 Å². The summed E-state index contributed by atoms with van der Waals surface area (Å²) in [5.74, 6) is -0.738. The fraction of sp³-hybridized carbons (Fsp3) is 0.455. The molecule has 94 valence electrons. The van der Waals surface area contributed by atoms with Crippen molar-refractivity contribution in [2.24, 2.45) is 5.92 Å². The Hall–Kier alpha value is -1.53. The largest absolute Gasteiger partial charge is 0.396 e. The van der Waals surface area contributed by atoms with Gasteiger partial charge in [0.25, 0.3) is 0 Å². The molecule has 0 radical (unpaired) electrons. The van der Waals surface area contributed by atoms with E-state index >= 15 is 0 Å². The summed E-state index contributed by atoms with van der Waals surface area (Å²) in [5.41, 5.74) is -0.260. The van der Waals surface area contributed by atoms with Crippen molar-refractivity contribution in [1.29, 1.82) is 0 Å². The Morgan fingerprint density at radius 3 is 2.88 bits per heavy atom. The molecule has 17 heavy (non-hydrogen) atoms. The van der Waals surface area contributed by atoms with Crippen molar-refractivity contribution in [3.8, 4) is 0 Å². The number of nitro benzene ring substituents is 1. The molecule has 1 aromatic rings. The van der Waals surface area contributed by atoms with E-state index in [-0.39, 0.29) is 24.6 Å². The van der Waals surface area contributed by atoms with Crippen LogP contribution in [0.1, 0.15) is 12.5 Å². The van der Waals surface area contributed by atoms with Gasteiger partial charge in [0, 0.05) is 31.3 Å². The smallest absolute Gasteiger partial charge is 0.305 e. The molecule has 5 nitrogen and oxygen atoms in total. The topological polar surface area (TPSA) is 75.4 Å². The van der Waals surface area contributed by atoms with Gasteiger partial charge in [0.15, 0.2) is 0 Å². The van der Waals surface area contributed by atoms with Crippen LogP contribution in [0, 0.1) is 21.8 Å². The molecule has 2 N–H and O–H groups in total. The number of nitrogens with zero attached hydrogens (tertiary/aromatic N) is 1. The SMILES string of the molecule is CC(CO)CNCc1cccc([N+](=O)[O-])c1F. The average molecular weight is 242 g/mol. The third-order valence-corrected chi connectivity index (χ3v) is 2.37. The number of benzene rings is 1. The maximum atomic E-state index is 13.6. The zero-order chi connectivity index (χ0) is 12.8. The summed E-state index contributed by atoms with van der Waals surface area (Å²) in [6, 6.07) is 4.09. The Morgan fingerprint density at radius 1 is 1.59 bits per heavy atom. The molecular formula is C11H15FN2O3. The molecule has 1 aromatic carbocycles. The minimum absolute atomic E-state index is 0.0461. The van der Waals surface area contributed by atoms with Crippen molar-refractivity contribution < 1.29 is 14.4 Å². The lowest BCUT2D eigenvalue weighted by Gasteiger charge is -2.09. The Labute approximate surface area is 98.4 Å². The van der Waals surface area contributed by atoms with Crippen LogP contribution in [0.25, 0.3) is 0 Å². The predicted octanol–water partition coefficient (Wildman–Crippen LogP) is 1.45. The predicted molar refractivity (Wildman–Crippen MR) is 61.0 cm³/mol. The van der Waals surface area contributed by atoms with E-state index in [1.807, 2.05) is 6.92 Å². The van der Waals surface area contributed by atoms with Crippen LogP contribution in [0.4, 0.5) is 10.1 Å². The lowest BCUT2D eigenvalue weighted by Crippen LogP contribution is -2.23. The van der Waals surface area contributed by atoms with Gasteiger partial charge in [0.1, 0.15) is 0 Å². The molecule has 1 rings (SSSR count). The van der Waals surface area contributed by atoms with E-state index in [0.717, 1.165) is 6.07 Å². The molecule has 0 spiro atoms.